The summed E-state index contributed by atoms with van der Waals surface area (Å²) in [5, 5.41) is 3.56. The predicted molar refractivity (Wildman–Crippen MR) is 82.1 cm³/mol. The lowest BCUT2D eigenvalue weighted by Crippen LogP contribution is -2.28. The van der Waals surface area contributed by atoms with E-state index in [-0.39, 0.29) is 0 Å². The van der Waals surface area contributed by atoms with E-state index in [1.54, 1.807) is 0 Å². The molecule has 1 aromatic rings. The number of rotatable bonds is 6. The SMILES string of the molecule is CCCC(CC)NCc1cc(Br)cc(Br)c1N. The molecule has 0 aromatic heterocycles. The maximum atomic E-state index is 6.05. The first-order valence-electron chi connectivity index (χ1n) is 6.05. The Balaban J connectivity index is 2.68. The molecule has 0 aliphatic carbocycles. The first kappa shape index (κ1) is 15.0. The van der Waals surface area contributed by atoms with Gasteiger partial charge in [-0.25, -0.2) is 0 Å². The maximum Gasteiger partial charge on any atom is 0.0504 e. The molecule has 1 unspecified atom stereocenters. The molecule has 0 aliphatic heterocycles. The fourth-order valence-corrected chi connectivity index (χ4v) is 3.15. The van der Waals surface area contributed by atoms with E-state index in [1.165, 1.54) is 12.8 Å². The van der Waals surface area contributed by atoms with Gasteiger partial charge in [0.25, 0.3) is 0 Å². The molecule has 0 fully saturated rings. The maximum absolute atomic E-state index is 6.05. The monoisotopic (exact) mass is 362 g/mol. The summed E-state index contributed by atoms with van der Waals surface area (Å²) in [6, 6.07) is 4.63. The van der Waals surface area contributed by atoms with Gasteiger partial charge in [-0.3, -0.25) is 0 Å². The van der Waals surface area contributed by atoms with Crippen molar-refractivity contribution < 1.29 is 0 Å². The second kappa shape index (κ2) is 7.39. The molecule has 17 heavy (non-hydrogen) atoms. The Labute approximate surface area is 121 Å². The quantitative estimate of drug-likeness (QED) is 0.732. The normalized spacial score (nSPS) is 12.7. The number of nitrogens with two attached hydrogens (primary N) is 1. The van der Waals surface area contributed by atoms with Crippen molar-refractivity contribution >= 4 is 37.5 Å². The molecule has 0 aliphatic rings. The first-order chi connectivity index (χ1) is 8.08. The van der Waals surface area contributed by atoms with Crippen molar-refractivity contribution in [3.63, 3.8) is 0 Å². The van der Waals surface area contributed by atoms with Gasteiger partial charge in [0.2, 0.25) is 0 Å². The predicted octanol–water partition coefficient (Wildman–Crippen LogP) is 4.46. The summed E-state index contributed by atoms with van der Waals surface area (Å²) in [5.41, 5.74) is 8.01. The lowest BCUT2D eigenvalue weighted by Gasteiger charge is -2.17. The van der Waals surface area contributed by atoms with Gasteiger partial charge in [-0.15, -0.1) is 0 Å². The summed E-state index contributed by atoms with van der Waals surface area (Å²) < 4.78 is 2.01. The Kier molecular flexibility index (Phi) is 6.52. The van der Waals surface area contributed by atoms with Gasteiger partial charge >= 0.3 is 0 Å². The van der Waals surface area contributed by atoms with Crippen LogP contribution in [0.5, 0.6) is 0 Å². The lowest BCUT2D eigenvalue weighted by atomic mass is 10.1. The van der Waals surface area contributed by atoms with Gasteiger partial charge < -0.3 is 11.1 Å². The van der Waals surface area contributed by atoms with Crippen LogP contribution in [0.15, 0.2) is 21.1 Å². The number of nitrogens with one attached hydrogen (secondary N) is 1. The van der Waals surface area contributed by atoms with Gasteiger partial charge in [-0.05, 0) is 46.5 Å². The summed E-state index contributed by atoms with van der Waals surface area (Å²) >= 11 is 6.96. The van der Waals surface area contributed by atoms with Crippen LogP contribution >= 0.6 is 31.9 Å². The van der Waals surface area contributed by atoms with Gasteiger partial charge in [0.05, 0.1) is 5.69 Å². The fraction of sp³-hybridized carbons (Fsp3) is 0.538. The van der Waals surface area contributed by atoms with E-state index in [0.717, 1.165) is 33.2 Å². The van der Waals surface area contributed by atoms with E-state index in [0.29, 0.717) is 6.04 Å². The Morgan fingerprint density at radius 1 is 1.29 bits per heavy atom. The van der Waals surface area contributed by atoms with Gasteiger partial charge in [0.15, 0.2) is 0 Å². The third-order valence-electron chi connectivity index (χ3n) is 2.89. The van der Waals surface area contributed by atoms with Crippen LogP contribution in [0.25, 0.3) is 0 Å². The summed E-state index contributed by atoms with van der Waals surface area (Å²) in [6.45, 7) is 5.25. The molecule has 0 amide bonds. The van der Waals surface area contributed by atoms with Crippen LogP contribution in [-0.2, 0) is 6.54 Å². The van der Waals surface area contributed by atoms with Crippen molar-refractivity contribution in [2.24, 2.45) is 0 Å². The average Bonchev–Trinajstić information content (AvgIpc) is 2.30. The largest absolute Gasteiger partial charge is 0.398 e. The number of nitrogen functional groups attached to an aromatic ring is 1. The van der Waals surface area contributed by atoms with Crippen LogP contribution in [0.1, 0.15) is 38.7 Å². The molecule has 0 saturated carbocycles. The molecule has 0 spiro atoms. The molecule has 4 heteroatoms. The Hall–Kier alpha value is -0.0600. The molecule has 1 rings (SSSR count). The van der Waals surface area contributed by atoms with E-state index in [4.69, 9.17) is 5.73 Å². The van der Waals surface area contributed by atoms with Gasteiger partial charge in [0.1, 0.15) is 0 Å². The highest BCUT2D eigenvalue weighted by Gasteiger charge is 2.08. The number of hydrogen-bond donors (Lipinski definition) is 2. The molecule has 3 N–H and O–H groups in total. The number of anilines is 1. The topological polar surface area (TPSA) is 38.0 Å². The van der Waals surface area contributed by atoms with Gasteiger partial charge in [-0.2, -0.15) is 0 Å². The Bertz CT molecular complexity index is 367. The third-order valence-corrected chi connectivity index (χ3v) is 4.01. The highest BCUT2D eigenvalue weighted by molar-refractivity contribution is 9.11. The Morgan fingerprint density at radius 3 is 2.59 bits per heavy atom. The van der Waals surface area contributed by atoms with E-state index in [1.807, 2.05) is 6.07 Å². The van der Waals surface area contributed by atoms with Crippen molar-refractivity contribution in [1.82, 2.24) is 5.32 Å². The van der Waals surface area contributed by atoms with E-state index < -0.39 is 0 Å². The number of halogens is 2. The second-order valence-electron chi connectivity index (χ2n) is 4.24. The zero-order chi connectivity index (χ0) is 12.8. The fourth-order valence-electron chi connectivity index (χ4n) is 1.84. The second-order valence-corrected chi connectivity index (χ2v) is 6.01. The summed E-state index contributed by atoms with van der Waals surface area (Å²) in [7, 11) is 0. The lowest BCUT2D eigenvalue weighted by molar-refractivity contribution is 0.463. The highest BCUT2D eigenvalue weighted by Crippen LogP contribution is 2.28. The van der Waals surface area contributed by atoms with E-state index in [9.17, 15) is 0 Å². The molecule has 1 atom stereocenters. The highest BCUT2D eigenvalue weighted by atomic mass is 79.9. The molecular formula is C13H20Br2N2. The summed E-state index contributed by atoms with van der Waals surface area (Å²) in [4.78, 5) is 0. The summed E-state index contributed by atoms with van der Waals surface area (Å²) in [6.07, 6.45) is 3.58. The number of benzene rings is 1. The molecule has 0 radical (unpaired) electrons. The molecule has 96 valence electrons. The van der Waals surface area contributed by atoms with E-state index >= 15 is 0 Å². The van der Waals surface area contributed by atoms with Crippen molar-refractivity contribution in [2.75, 3.05) is 5.73 Å². The van der Waals surface area contributed by atoms with Crippen LogP contribution in [0, 0.1) is 0 Å². The van der Waals surface area contributed by atoms with Crippen LogP contribution in [0.4, 0.5) is 5.69 Å². The van der Waals surface area contributed by atoms with Crippen LogP contribution in [0.3, 0.4) is 0 Å². The van der Waals surface area contributed by atoms with E-state index in [2.05, 4.69) is 57.1 Å². The zero-order valence-corrected chi connectivity index (χ0v) is 13.6. The Morgan fingerprint density at radius 2 is 2.00 bits per heavy atom. The van der Waals surface area contributed by atoms with Crippen LogP contribution in [-0.4, -0.2) is 6.04 Å². The molecule has 0 bridgehead atoms. The zero-order valence-electron chi connectivity index (χ0n) is 10.4. The molecule has 2 nitrogen and oxygen atoms in total. The molecular weight excluding hydrogens is 344 g/mol. The smallest absolute Gasteiger partial charge is 0.0504 e. The minimum absolute atomic E-state index is 0.581. The average molecular weight is 364 g/mol. The summed E-state index contributed by atoms with van der Waals surface area (Å²) in [5.74, 6) is 0. The van der Waals surface area contributed by atoms with Gasteiger partial charge in [0, 0.05) is 21.5 Å². The minimum atomic E-state index is 0.581. The van der Waals surface area contributed by atoms with Crippen molar-refractivity contribution in [3.05, 3.63) is 26.6 Å². The van der Waals surface area contributed by atoms with Gasteiger partial charge in [-0.1, -0.05) is 36.2 Å². The van der Waals surface area contributed by atoms with Crippen molar-refractivity contribution in [3.8, 4) is 0 Å². The van der Waals surface area contributed by atoms with Crippen LogP contribution in [0.2, 0.25) is 0 Å². The van der Waals surface area contributed by atoms with Crippen molar-refractivity contribution in [2.45, 2.75) is 45.7 Å². The molecule has 1 aromatic carbocycles. The van der Waals surface area contributed by atoms with Crippen LogP contribution < -0.4 is 11.1 Å². The molecule has 0 heterocycles. The standard InChI is InChI=1S/C13H20Br2N2/c1-3-5-11(4-2)17-8-9-6-10(14)7-12(15)13(9)16/h6-7,11,17H,3-5,8,16H2,1-2H3. The molecule has 0 saturated heterocycles. The number of hydrogen-bond acceptors (Lipinski definition) is 2. The minimum Gasteiger partial charge on any atom is -0.398 e. The third kappa shape index (κ3) is 4.60. The first-order valence-corrected chi connectivity index (χ1v) is 7.63. The van der Waals surface area contributed by atoms with Crippen molar-refractivity contribution in [1.29, 1.82) is 0 Å².